The summed E-state index contributed by atoms with van der Waals surface area (Å²) < 4.78 is 26.8. The fourth-order valence-corrected chi connectivity index (χ4v) is 1.85. The number of anilines is 1. The Morgan fingerprint density at radius 3 is 2.33 bits per heavy atom. The second-order valence-electron chi connectivity index (χ2n) is 5.44. The molecule has 1 unspecified atom stereocenters. The Bertz CT molecular complexity index is 532. The third-order valence-corrected chi connectivity index (χ3v) is 2.96. The van der Waals surface area contributed by atoms with Crippen molar-refractivity contribution in [3.63, 3.8) is 0 Å². The fraction of sp³-hybridized carbons (Fsp3) is 0.467. The quantitative estimate of drug-likeness (QED) is 0.878. The molecule has 0 fully saturated rings. The molecule has 0 saturated carbocycles. The van der Waals surface area contributed by atoms with E-state index in [-0.39, 0.29) is 30.5 Å². The first kappa shape index (κ1) is 17.1. The van der Waals surface area contributed by atoms with E-state index in [1.807, 2.05) is 13.8 Å². The Kier molecular flexibility index (Phi) is 5.81. The minimum absolute atomic E-state index is 0.0450. The van der Waals surface area contributed by atoms with E-state index < -0.39 is 23.5 Å². The molecule has 0 aliphatic carbocycles. The third-order valence-electron chi connectivity index (χ3n) is 2.96. The zero-order chi connectivity index (χ0) is 16.2. The van der Waals surface area contributed by atoms with Crippen molar-refractivity contribution in [2.45, 2.75) is 27.2 Å². The summed E-state index contributed by atoms with van der Waals surface area (Å²) in [5.74, 6) is -3.92. The fourth-order valence-electron chi connectivity index (χ4n) is 1.85. The van der Waals surface area contributed by atoms with Gasteiger partial charge < -0.3 is 10.0 Å². The zero-order valence-corrected chi connectivity index (χ0v) is 12.3. The monoisotopic (exact) mass is 299 g/mol. The second-order valence-corrected chi connectivity index (χ2v) is 5.44. The topological polar surface area (TPSA) is 57.6 Å². The summed E-state index contributed by atoms with van der Waals surface area (Å²) in [6, 6.07) is 2.87. The lowest BCUT2D eigenvalue weighted by Gasteiger charge is -2.26. The molecule has 0 aromatic heterocycles. The van der Waals surface area contributed by atoms with Crippen molar-refractivity contribution < 1.29 is 23.5 Å². The van der Waals surface area contributed by atoms with E-state index in [0.717, 1.165) is 17.0 Å². The number of carboxylic acids is 1. The van der Waals surface area contributed by atoms with Crippen molar-refractivity contribution in [2.75, 3.05) is 11.4 Å². The van der Waals surface area contributed by atoms with Gasteiger partial charge in [0.15, 0.2) is 0 Å². The second kappa shape index (κ2) is 7.15. The average molecular weight is 299 g/mol. The van der Waals surface area contributed by atoms with Gasteiger partial charge in [-0.25, -0.2) is 8.78 Å². The summed E-state index contributed by atoms with van der Waals surface area (Å²) in [6.07, 6.45) is 0.156. The predicted molar refractivity (Wildman–Crippen MR) is 75.0 cm³/mol. The number of aliphatic carboxylic acids is 1. The van der Waals surface area contributed by atoms with Crippen LogP contribution in [0.25, 0.3) is 0 Å². The molecule has 0 spiro atoms. The van der Waals surface area contributed by atoms with E-state index in [0.29, 0.717) is 6.07 Å². The van der Waals surface area contributed by atoms with Crippen LogP contribution in [0.2, 0.25) is 0 Å². The molecule has 0 aliphatic rings. The van der Waals surface area contributed by atoms with Crippen LogP contribution < -0.4 is 4.90 Å². The Hall–Kier alpha value is -1.98. The van der Waals surface area contributed by atoms with Crippen LogP contribution in [0.4, 0.5) is 14.5 Å². The molecule has 21 heavy (non-hydrogen) atoms. The summed E-state index contributed by atoms with van der Waals surface area (Å²) in [5.41, 5.74) is -0.102. The smallest absolute Gasteiger partial charge is 0.308 e. The molecule has 0 heterocycles. The maximum atomic E-state index is 13.9. The number of rotatable bonds is 6. The van der Waals surface area contributed by atoms with Gasteiger partial charge in [0.2, 0.25) is 5.91 Å². The lowest BCUT2D eigenvalue weighted by Crippen LogP contribution is -2.38. The van der Waals surface area contributed by atoms with Crippen molar-refractivity contribution >= 4 is 17.6 Å². The molecule has 4 nitrogen and oxygen atoms in total. The van der Waals surface area contributed by atoms with Gasteiger partial charge in [-0.1, -0.05) is 20.8 Å². The molecule has 6 heteroatoms. The highest BCUT2D eigenvalue weighted by Gasteiger charge is 2.24. The van der Waals surface area contributed by atoms with Crippen LogP contribution in [0.15, 0.2) is 18.2 Å². The Morgan fingerprint density at radius 2 is 1.86 bits per heavy atom. The molecular formula is C15H19F2NO3. The Morgan fingerprint density at radius 1 is 1.24 bits per heavy atom. The molecule has 1 rings (SSSR count). The lowest BCUT2D eigenvalue weighted by atomic mass is 10.1. The van der Waals surface area contributed by atoms with Gasteiger partial charge in [0.25, 0.3) is 0 Å². The van der Waals surface area contributed by atoms with Gasteiger partial charge in [-0.3, -0.25) is 9.59 Å². The summed E-state index contributed by atoms with van der Waals surface area (Å²) in [6.45, 7) is 4.93. The van der Waals surface area contributed by atoms with Crippen LogP contribution in [0.5, 0.6) is 0 Å². The van der Waals surface area contributed by atoms with E-state index in [4.69, 9.17) is 5.11 Å². The third kappa shape index (κ3) is 4.81. The average Bonchev–Trinajstić information content (AvgIpc) is 2.35. The van der Waals surface area contributed by atoms with Crippen LogP contribution in [0, 0.1) is 23.5 Å². The number of nitrogens with zero attached hydrogens (tertiary/aromatic N) is 1. The summed E-state index contributed by atoms with van der Waals surface area (Å²) in [5, 5.41) is 8.96. The van der Waals surface area contributed by atoms with E-state index in [1.165, 1.54) is 6.92 Å². The predicted octanol–water partition coefficient (Wildman–Crippen LogP) is 3.06. The summed E-state index contributed by atoms with van der Waals surface area (Å²) in [4.78, 5) is 24.3. The minimum Gasteiger partial charge on any atom is -0.481 e. The molecule has 0 aliphatic heterocycles. The Labute approximate surface area is 122 Å². The number of hydrogen-bond donors (Lipinski definition) is 1. The van der Waals surface area contributed by atoms with Crippen LogP contribution in [-0.4, -0.2) is 23.5 Å². The molecule has 1 amide bonds. The number of halogens is 2. The minimum atomic E-state index is -1.08. The molecule has 1 aromatic rings. The molecule has 1 atom stereocenters. The molecular weight excluding hydrogens is 280 g/mol. The molecule has 0 radical (unpaired) electrons. The van der Waals surface area contributed by atoms with Gasteiger partial charge in [0, 0.05) is 19.0 Å². The maximum absolute atomic E-state index is 13.9. The largest absolute Gasteiger partial charge is 0.481 e. The van der Waals surface area contributed by atoms with Crippen molar-refractivity contribution in [3.05, 3.63) is 29.8 Å². The highest BCUT2D eigenvalue weighted by atomic mass is 19.1. The normalized spacial score (nSPS) is 12.3. The van der Waals surface area contributed by atoms with Gasteiger partial charge in [-0.05, 0) is 18.1 Å². The van der Waals surface area contributed by atoms with Crippen molar-refractivity contribution in [3.8, 4) is 0 Å². The number of carbonyl (C=O) groups is 2. The standard InChI is InChI=1S/C15H19F2NO3/c1-9(2)6-14(19)18(8-10(3)15(20)21)13-5-4-11(16)7-12(13)17/h4-5,7,9-10H,6,8H2,1-3H3,(H,20,21). The summed E-state index contributed by atoms with van der Waals surface area (Å²) in [7, 11) is 0. The van der Waals surface area contributed by atoms with Gasteiger partial charge >= 0.3 is 5.97 Å². The Balaban J connectivity index is 3.11. The maximum Gasteiger partial charge on any atom is 0.308 e. The summed E-state index contributed by atoms with van der Waals surface area (Å²) >= 11 is 0. The first-order chi connectivity index (χ1) is 9.72. The number of hydrogen-bond acceptors (Lipinski definition) is 2. The molecule has 0 bridgehead atoms. The van der Waals surface area contributed by atoms with Crippen molar-refractivity contribution in [2.24, 2.45) is 11.8 Å². The number of carbonyl (C=O) groups excluding carboxylic acids is 1. The van der Waals surface area contributed by atoms with Gasteiger partial charge in [-0.2, -0.15) is 0 Å². The van der Waals surface area contributed by atoms with E-state index in [1.54, 1.807) is 0 Å². The first-order valence-corrected chi connectivity index (χ1v) is 6.70. The van der Waals surface area contributed by atoms with Crippen LogP contribution in [-0.2, 0) is 9.59 Å². The van der Waals surface area contributed by atoms with Gasteiger partial charge in [0.05, 0.1) is 11.6 Å². The molecule has 1 N–H and O–H groups in total. The van der Waals surface area contributed by atoms with Crippen LogP contribution >= 0.6 is 0 Å². The molecule has 116 valence electrons. The first-order valence-electron chi connectivity index (χ1n) is 6.70. The van der Waals surface area contributed by atoms with Crippen LogP contribution in [0.1, 0.15) is 27.2 Å². The molecule has 0 saturated heterocycles. The van der Waals surface area contributed by atoms with E-state index >= 15 is 0 Å². The number of carboxylic acid groups (broad SMARTS) is 1. The number of amides is 1. The zero-order valence-electron chi connectivity index (χ0n) is 12.3. The van der Waals surface area contributed by atoms with Crippen LogP contribution in [0.3, 0.4) is 0 Å². The number of benzene rings is 1. The SMILES string of the molecule is CC(C)CC(=O)N(CC(C)C(=O)O)c1ccc(F)cc1F. The van der Waals surface area contributed by atoms with Gasteiger partial charge in [0.1, 0.15) is 11.6 Å². The molecule has 1 aromatic carbocycles. The lowest BCUT2D eigenvalue weighted by molar-refractivity contribution is -0.140. The van der Waals surface area contributed by atoms with Crippen molar-refractivity contribution in [1.29, 1.82) is 0 Å². The highest BCUT2D eigenvalue weighted by Crippen LogP contribution is 2.23. The van der Waals surface area contributed by atoms with Gasteiger partial charge in [-0.15, -0.1) is 0 Å². The highest BCUT2D eigenvalue weighted by molar-refractivity contribution is 5.94. The van der Waals surface area contributed by atoms with Crippen molar-refractivity contribution in [1.82, 2.24) is 0 Å². The van der Waals surface area contributed by atoms with E-state index in [9.17, 15) is 18.4 Å². The van der Waals surface area contributed by atoms with E-state index in [2.05, 4.69) is 0 Å².